The smallest absolute Gasteiger partial charge is 0.193 e. The minimum Gasteiger partial charge on any atom is -0.496 e. The van der Waals surface area contributed by atoms with Crippen LogP contribution in [0, 0.1) is 0 Å². The number of hydrogen-bond donors (Lipinski definition) is 0. The lowest BCUT2D eigenvalue weighted by atomic mass is 10.0. The third-order valence-electron chi connectivity index (χ3n) is 4.66. The maximum atomic E-state index is 5.64. The van der Waals surface area contributed by atoms with E-state index >= 15 is 0 Å². The molecule has 3 aromatic rings. The molecule has 5 nitrogen and oxygen atoms in total. The molecule has 1 aromatic heterocycles. The van der Waals surface area contributed by atoms with Gasteiger partial charge in [0.05, 0.1) is 13.0 Å². The molecule has 6 heteroatoms. The van der Waals surface area contributed by atoms with Gasteiger partial charge in [-0.05, 0) is 18.6 Å². The molecule has 25 heavy (non-hydrogen) atoms. The summed E-state index contributed by atoms with van der Waals surface area (Å²) in [6, 6.07) is 19.0. The molecule has 0 N–H and O–H groups in total. The molecule has 0 saturated carbocycles. The Hall–Kier alpha value is -2.31. The van der Waals surface area contributed by atoms with Crippen LogP contribution in [0.4, 0.5) is 0 Å². The van der Waals surface area contributed by atoms with Gasteiger partial charge in [0, 0.05) is 11.6 Å². The van der Waals surface area contributed by atoms with E-state index in [1.807, 2.05) is 18.5 Å². The minimum atomic E-state index is -0.00222. The molecule has 1 unspecified atom stereocenters. The van der Waals surface area contributed by atoms with E-state index in [0.29, 0.717) is 0 Å². The highest BCUT2D eigenvalue weighted by molar-refractivity contribution is 7.99. The second kappa shape index (κ2) is 6.90. The van der Waals surface area contributed by atoms with Crippen molar-refractivity contribution >= 4 is 11.8 Å². The maximum absolute atomic E-state index is 5.64. The molecule has 0 bridgehead atoms. The molecule has 2 heterocycles. The number of fused-ring (bicyclic) bond motifs is 1. The molecular weight excluding hydrogens is 332 g/mol. The summed E-state index contributed by atoms with van der Waals surface area (Å²) >= 11 is 1.71. The van der Waals surface area contributed by atoms with Gasteiger partial charge in [0.1, 0.15) is 18.2 Å². The Morgan fingerprint density at radius 3 is 2.68 bits per heavy atom. The number of ether oxygens (including phenoxy) is 1. The van der Waals surface area contributed by atoms with Gasteiger partial charge in [-0.15, -0.1) is 10.2 Å². The van der Waals surface area contributed by atoms with E-state index in [-0.39, 0.29) is 12.2 Å². The summed E-state index contributed by atoms with van der Waals surface area (Å²) in [6.07, 6.45) is 1.81. The first-order valence-electron chi connectivity index (χ1n) is 8.25. The van der Waals surface area contributed by atoms with E-state index in [1.165, 1.54) is 5.56 Å². The number of aromatic nitrogens is 3. The Kier molecular flexibility index (Phi) is 4.46. The molecular formula is C19H20N4OS. The average molecular weight is 352 g/mol. The monoisotopic (exact) mass is 352 g/mol. The SMILES string of the molecule is COc1ccccc1C1N([C@@H](C)c2ccccc2)CSc2nncn21. The van der Waals surface area contributed by atoms with Gasteiger partial charge in [-0.3, -0.25) is 9.47 Å². The highest BCUT2D eigenvalue weighted by Gasteiger charge is 2.34. The topological polar surface area (TPSA) is 43.2 Å². The largest absolute Gasteiger partial charge is 0.496 e. The average Bonchev–Trinajstić information content (AvgIpc) is 3.16. The summed E-state index contributed by atoms with van der Waals surface area (Å²) in [4.78, 5) is 2.45. The van der Waals surface area contributed by atoms with Gasteiger partial charge in [-0.2, -0.15) is 0 Å². The quantitative estimate of drug-likeness (QED) is 0.711. The van der Waals surface area contributed by atoms with Gasteiger partial charge in [-0.25, -0.2) is 0 Å². The first-order valence-corrected chi connectivity index (χ1v) is 9.24. The van der Waals surface area contributed by atoms with Crippen molar-refractivity contribution in [3.63, 3.8) is 0 Å². The van der Waals surface area contributed by atoms with E-state index in [2.05, 4.69) is 69.1 Å². The number of methoxy groups -OCH3 is 1. The predicted octanol–water partition coefficient (Wildman–Crippen LogP) is 3.96. The van der Waals surface area contributed by atoms with Gasteiger partial charge in [0.25, 0.3) is 0 Å². The van der Waals surface area contributed by atoms with E-state index in [1.54, 1.807) is 18.9 Å². The minimum absolute atomic E-state index is 0.00222. The molecule has 1 aliphatic heterocycles. The first kappa shape index (κ1) is 16.2. The summed E-state index contributed by atoms with van der Waals surface area (Å²) in [5, 5.41) is 9.33. The fourth-order valence-corrected chi connectivity index (χ4v) is 4.35. The van der Waals surface area contributed by atoms with Crippen molar-refractivity contribution in [3.05, 3.63) is 72.1 Å². The first-order chi connectivity index (χ1) is 12.3. The van der Waals surface area contributed by atoms with Gasteiger partial charge >= 0.3 is 0 Å². The Morgan fingerprint density at radius 1 is 1.12 bits per heavy atom. The van der Waals surface area contributed by atoms with Gasteiger partial charge in [0.15, 0.2) is 5.16 Å². The van der Waals surface area contributed by atoms with Crippen LogP contribution in [-0.4, -0.2) is 32.7 Å². The third kappa shape index (κ3) is 2.92. The summed E-state index contributed by atoms with van der Waals surface area (Å²) in [5.74, 6) is 1.72. The van der Waals surface area contributed by atoms with Crippen LogP contribution in [0.15, 0.2) is 66.1 Å². The lowest BCUT2D eigenvalue weighted by Gasteiger charge is -2.40. The number of thioether (sulfide) groups is 1. The van der Waals surface area contributed by atoms with E-state index in [0.717, 1.165) is 22.3 Å². The van der Waals surface area contributed by atoms with Gasteiger partial charge in [0.2, 0.25) is 0 Å². The molecule has 4 rings (SSSR count). The molecule has 0 spiro atoms. The van der Waals surface area contributed by atoms with Crippen molar-refractivity contribution in [2.75, 3.05) is 13.0 Å². The highest BCUT2D eigenvalue weighted by Crippen LogP contribution is 2.42. The zero-order valence-electron chi connectivity index (χ0n) is 14.2. The van der Waals surface area contributed by atoms with Crippen molar-refractivity contribution < 1.29 is 4.74 Å². The van der Waals surface area contributed by atoms with E-state index in [4.69, 9.17) is 4.74 Å². The van der Waals surface area contributed by atoms with Crippen molar-refractivity contribution in [3.8, 4) is 5.75 Å². The summed E-state index contributed by atoms with van der Waals surface area (Å²) in [6.45, 7) is 2.24. The lowest BCUT2D eigenvalue weighted by molar-refractivity contribution is 0.133. The molecule has 0 amide bonds. The zero-order valence-corrected chi connectivity index (χ0v) is 15.1. The van der Waals surface area contributed by atoms with Gasteiger partial charge in [-0.1, -0.05) is 60.3 Å². The van der Waals surface area contributed by atoms with Crippen LogP contribution in [0.2, 0.25) is 0 Å². The van der Waals surface area contributed by atoms with Crippen molar-refractivity contribution in [2.24, 2.45) is 0 Å². The molecule has 0 fully saturated rings. The Morgan fingerprint density at radius 2 is 1.88 bits per heavy atom. The lowest BCUT2D eigenvalue weighted by Crippen LogP contribution is -2.38. The Bertz CT molecular complexity index is 851. The molecule has 128 valence electrons. The second-order valence-electron chi connectivity index (χ2n) is 6.01. The van der Waals surface area contributed by atoms with Crippen LogP contribution in [0.5, 0.6) is 5.75 Å². The summed E-state index contributed by atoms with van der Waals surface area (Å²) < 4.78 is 7.77. The Labute approximate surface area is 151 Å². The number of nitrogens with zero attached hydrogens (tertiary/aromatic N) is 4. The zero-order chi connectivity index (χ0) is 17.2. The molecule has 0 radical (unpaired) electrons. The molecule has 0 aliphatic carbocycles. The van der Waals surface area contributed by atoms with Crippen molar-refractivity contribution in [1.29, 1.82) is 0 Å². The van der Waals surface area contributed by atoms with Crippen molar-refractivity contribution in [1.82, 2.24) is 19.7 Å². The van der Waals surface area contributed by atoms with Crippen molar-refractivity contribution in [2.45, 2.75) is 24.3 Å². The summed E-state index contributed by atoms with van der Waals surface area (Å²) in [5.41, 5.74) is 2.41. The number of rotatable bonds is 4. The molecule has 0 saturated heterocycles. The number of para-hydroxylation sites is 1. The molecule has 1 aliphatic rings. The van der Waals surface area contributed by atoms with Crippen LogP contribution >= 0.6 is 11.8 Å². The third-order valence-corrected chi connectivity index (χ3v) is 5.63. The predicted molar refractivity (Wildman–Crippen MR) is 98.6 cm³/mol. The standard InChI is InChI=1S/C19H20N4OS/c1-14(15-8-4-3-5-9-15)23-13-25-19-21-20-12-22(19)18(23)16-10-6-7-11-17(16)24-2/h3-12,14,18H,13H2,1-2H3/t14-,18?/m0/s1. The molecule has 2 aromatic carbocycles. The second-order valence-corrected chi connectivity index (χ2v) is 6.92. The normalized spacial score (nSPS) is 18.6. The molecule has 2 atom stereocenters. The van der Waals surface area contributed by atoms with Crippen LogP contribution in [0.1, 0.15) is 30.3 Å². The maximum Gasteiger partial charge on any atom is 0.193 e. The van der Waals surface area contributed by atoms with Crippen LogP contribution in [0.3, 0.4) is 0 Å². The Balaban J connectivity index is 1.81. The summed E-state index contributed by atoms with van der Waals surface area (Å²) in [7, 11) is 1.72. The van der Waals surface area contributed by atoms with Crippen LogP contribution in [-0.2, 0) is 0 Å². The van der Waals surface area contributed by atoms with Crippen LogP contribution < -0.4 is 4.74 Å². The van der Waals surface area contributed by atoms with E-state index < -0.39 is 0 Å². The number of benzene rings is 2. The fourth-order valence-electron chi connectivity index (χ4n) is 3.32. The highest BCUT2D eigenvalue weighted by atomic mass is 32.2. The fraction of sp³-hybridized carbons (Fsp3) is 0.263. The van der Waals surface area contributed by atoms with E-state index in [9.17, 15) is 0 Å². The van der Waals surface area contributed by atoms with Gasteiger partial charge < -0.3 is 4.74 Å². The number of hydrogen-bond acceptors (Lipinski definition) is 5. The van der Waals surface area contributed by atoms with Crippen LogP contribution in [0.25, 0.3) is 0 Å².